The minimum Gasteiger partial charge on any atom is -0.479 e. The van der Waals surface area contributed by atoms with Crippen LogP contribution >= 0.6 is 11.5 Å². The van der Waals surface area contributed by atoms with Crippen LogP contribution in [-0.4, -0.2) is 68.6 Å². The van der Waals surface area contributed by atoms with Gasteiger partial charge in [-0.1, -0.05) is 44.2 Å². The van der Waals surface area contributed by atoms with Crippen molar-refractivity contribution < 1.29 is 19.8 Å². The molecule has 1 aromatic heterocycles. The van der Waals surface area contributed by atoms with Gasteiger partial charge in [-0.05, 0) is 12.3 Å². The van der Waals surface area contributed by atoms with Crippen molar-refractivity contribution in [3.05, 3.63) is 30.3 Å². The molecule has 2 aromatic rings. The van der Waals surface area contributed by atoms with Gasteiger partial charge in [-0.2, -0.15) is 9.36 Å². The number of rotatable bonds is 7. The van der Waals surface area contributed by atoms with E-state index in [0.29, 0.717) is 38.4 Å². The zero-order chi connectivity index (χ0) is 21.0. The molecular weight excluding hydrogens is 392 g/mol. The van der Waals surface area contributed by atoms with Crippen LogP contribution in [0.3, 0.4) is 0 Å². The average molecular weight is 419 g/mol. The second-order valence-corrected chi connectivity index (χ2v) is 8.33. The van der Waals surface area contributed by atoms with Crippen molar-refractivity contribution in [2.24, 2.45) is 11.8 Å². The van der Waals surface area contributed by atoms with Crippen molar-refractivity contribution in [3.63, 3.8) is 0 Å². The minimum atomic E-state index is -1.68. The van der Waals surface area contributed by atoms with E-state index in [9.17, 15) is 14.7 Å². The van der Waals surface area contributed by atoms with Crippen molar-refractivity contribution in [3.8, 4) is 11.4 Å². The molecule has 3 rings (SSSR count). The molecule has 1 saturated heterocycles. The van der Waals surface area contributed by atoms with Crippen LogP contribution in [0.15, 0.2) is 30.3 Å². The Balaban J connectivity index is 1.63. The van der Waals surface area contributed by atoms with Crippen LogP contribution in [0.1, 0.15) is 20.3 Å². The van der Waals surface area contributed by atoms with Crippen LogP contribution in [0.2, 0.25) is 0 Å². The number of aromatic nitrogens is 2. The first kappa shape index (κ1) is 21.2. The molecule has 0 radical (unpaired) electrons. The molecule has 9 heteroatoms. The van der Waals surface area contributed by atoms with Gasteiger partial charge in [0, 0.05) is 43.3 Å². The number of amides is 1. The highest BCUT2D eigenvalue weighted by Crippen LogP contribution is 2.26. The highest BCUT2D eigenvalue weighted by atomic mass is 32.1. The predicted octanol–water partition coefficient (Wildman–Crippen LogP) is 1.96. The highest BCUT2D eigenvalue weighted by molar-refractivity contribution is 7.09. The van der Waals surface area contributed by atoms with Crippen LogP contribution in [0, 0.1) is 11.8 Å². The second-order valence-electron chi connectivity index (χ2n) is 7.60. The second kappa shape index (κ2) is 9.32. The minimum absolute atomic E-state index is 0.108. The van der Waals surface area contributed by atoms with Crippen LogP contribution in [0.5, 0.6) is 0 Å². The maximum atomic E-state index is 12.9. The Hall–Kier alpha value is -2.52. The lowest BCUT2D eigenvalue weighted by molar-refractivity contribution is -0.157. The Kier molecular flexibility index (Phi) is 6.81. The van der Waals surface area contributed by atoms with Crippen molar-refractivity contribution in [2.75, 3.05) is 31.1 Å². The monoisotopic (exact) mass is 418 g/mol. The van der Waals surface area contributed by atoms with E-state index in [0.717, 1.165) is 10.7 Å². The number of benzene rings is 1. The molecule has 2 heterocycles. The van der Waals surface area contributed by atoms with E-state index >= 15 is 0 Å². The number of aliphatic hydroxyl groups is 1. The highest BCUT2D eigenvalue weighted by Gasteiger charge is 2.36. The third kappa shape index (κ3) is 5.10. The third-order valence-corrected chi connectivity index (χ3v) is 5.76. The summed E-state index contributed by atoms with van der Waals surface area (Å²) in [6.07, 6.45) is -1.34. The topological polar surface area (TPSA) is 107 Å². The Morgan fingerprint density at radius 1 is 1.14 bits per heavy atom. The Bertz CT molecular complexity index is 834. The van der Waals surface area contributed by atoms with E-state index in [1.54, 1.807) is 4.90 Å². The van der Waals surface area contributed by atoms with Crippen LogP contribution in [0.4, 0.5) is 5.13 Å². The van der Waals surface area contributed by atoms with Crippen molar-refractivity contribution >= 4 is 28.5 Å². The van der Waals surface area contributed by atoms with Gasteiger partial charge < -0.3 is 20.0 Å². The number of aliphatic carboxylic acids is 1. The lowest BCUT2D eigenvalue weighted by Crippen LogP contribution is -2.52. The van der Waals surface area contributed by atoms with E-state index in [-0.39, 0.29) is 11.8 Å². The molecule has 2 atom stereocenters. The van der Waals surface area contributed by atoms with Crippen molar-refractivity contribution in [1.82, 2.24) is 14.3 Å². The van der Waals surface area contributed by atoms with E-state index in [1.807, 2.05) is 44.2 Å². The van der Waals surface area contributed by atoms with Gasteiger partial charge in [-0.3, -0.25) is 4.79 Å². The number of hydrogen-bond donors (Lipinski definition) is 2. The summed E-state index contributed by atoms with van der Waals surface area (Å²) in [6, 6.07) is 9.76. The maximum Gasteiger partial charge on any atom is 0.333 e. The number of carbonyl (C=O) groups excluding carboxylic acids is 1. The van der Waals surface area contributed by atoms with Gasteiger partial charge in [-0.25, -0.2) is 4.79 Å². The summed E-state index contributed by atoms with van der Waals surface area (Å²) < 4.78 is 4.43. The van der Waals surface area contributed by atoms with E-state index in [4.69, 9.17) is 5.11 Å². The fourth-order valence-electron chi connectivity index (χ4n) is 3.45. The molecule has 1 aliphatic heterocycles. The number of carbonyl (C=O) groups is 2. The number of hydrogen-bond acceptors (Lipinski definition) is 7. The van der Waals surface area contributed by atoms with E-state index in [1.165, 1.54) is 11.5 Å². The first-order valence-corrected chi connectivity index (χ1v) is 10.5. The average Bonchev–Trinajstić information content (AvgIpc) is 3.22. The number of aliphatic hydroxyl groups excluding tert-OH is 1. The summed E-state index contributed by atoms with van der Waals surface area (Å²) >= 11 is 1.33. The maximum absolute atomic E-state index is 12.9. The van der Waals surface area contributed by atoms with Gasteiger partial charge in [-0.15, -0.1) is 0 Å². The van der Waals surface area contributed by atoms with E-state index in [2.05, 4.69) is 14.3 Å². The van der Waals surface area contributed by atoms with Gasteiger partial charge in [0.15, 0.2) is 11.9 Å². The molecule has 8 nitrogen and oxygen atoms in total. The van der Waals surface area contributed by atoms with Crippen molar-refractivity contribution in [2.45, 2.75) is 26.4 Å². The normalized spacial score (nSPS) is 16.7. The molecule has 0 saturated carbocycles. The van der Waals surface area contributed by atoms with Gasteiger partial charge in [0.25, 0.3) is 0 Å². The van der Waals surface area contributed by atoms with Gasteiger partial charge in [0.05, 0.1) is 5.92 Å². The molecule has 0 aliphatic carbocycles. The molecule has 1 fully saturated rings. The van der Waals surface area contributed by atoms with Crippen LogP contribution in [0.25, 0.3) is 11.4 Å². The van der Waals surface area contributed by atoms with E-state index < -0.39 is 18.0 Å². The Morgan fingerprint density at radius 2 is 1.79 bits per heavy atom. The molecular formula is C20H26N4O4S. The molecule has 1 aromatic carbocycles. The zero-order valence-electron chi connectivity index (χ0n) is 16.6. The number of piperazine rings is 1. The zero-order valence-corrected chi connectivity index (χ0v) is 17.4. The summed E-state index contributed by atoms with van der Waals surface area (Å²) in [7, 11) is 0. The van der Waals surface area contributed by atoms with Gasteiger partial charge in [0.1, 0.15) is 0 Å². The molecule has 0 bridgehead atoms. The number of carboxylic acid groups (broad SMARTS) is 1. The summed E-state index contributed by atoms with van der Waals surface area (Å²) in [5.74, 6) is -1.78. The van der Waals surface area contributed by atoms with Crippen molar-refractivity contribution in [1.29, 1.82) is 0 Å². The summed E-state index contributed by atoms with van der Waals surface area (Å²) in [5, 5.41) is 20.0. The lowest BCUT2D eigenvalue weighted by Gasteiger charge is -2.36. The third-order valence-electron chi connectivity index (χ3n) is 4.99. The summed E-state index contributed by atoms with van der Waals surface area (Å²) in [4.78, 5) is 32.4. The number of anilines is 1. The molecule has 29 heavy (non-hydrogen) atoms. The first-order valence-electron chi connectivity index (χ1n) is 9.70. The largest absolute Gasteiger partial charge is 0.479 e. The molecule has 2 N–H and O–H groups in total. The molecule has 0 spiro atoms. The fourth-order valence-corrected chi connectivity index (χ4v) is 4.19. The molecule has 1 amide bonds. The predicted molar refractivity (Wildman–Crippen MR) is 111 cm³/mol. The Labute approximate surface area is 174 Å². The van der Waals surface area contributed by atoms with Crippen LogP contribution < -0.4 is 4.90 Å². The first-order chi connectivity index (χ1) is 13.9. The smallest absolute Gasteiger partial charge is 0.333 e. The number of nitrogens with zero attached hydrogens (tertiary/aromatic N) is 4. The van der Waals surface area contributed by atoms with Crippen LogP contribution in [-0.2, 0) is 9.59 Å². The van der Waals surface area contributed by atoms with Gasteiger partial charge >= 0.3 is 5.97 Å². The number of carboxylic acids is 1. The fraction of sp³-hybridized carbons (Fsp3) is 0.500. The molecule has 0 unspecified atom stereocenters. The van der Waals surface area contributed by atoms with Gasteiger partial charge in [0.2, 0.25) is 11.0 Å². The standard InChI is InChI=1S/C20H26N4O4S/c1-13(2)12-15(16(25)19(27)28)18(26)23-8-10-24(11-9-23)20-21-17(22-29-20)14-6-4-3-5-7-14/h3-7,13,15-16,25H,8-12H2,1-2H3,(H,27,28)/t15-,16-/m0/s1. The Morgan fingerprint density at radius 3 is 2.38 bits per heavy atom. The quantitative estimate of drug-likeness (QED) is 0.708. The lowest BCUT2D eigenvalue weighted by atomic mass is 9.90. The summed E-state index contributed by atoms with van der Waals surface area (Å²) in [6.45, 7) is 5.92. The molecule has 156 valence electrons. The summed E-state index contributed by atoms with van der Waals surface area (Å²) in [5.41, 5.74) is 0.961. The SMILES string of the molecule is CC(C)C[C@H](C(=O)N1CCN(c2nc(-c3ccccc3)ns2)CC1)[C@H](O)C(=O)O. The molecule has 1 aliphatic rings.